The van der Waals surface area contributed by atoms with Crippen molar-refractivity contribution in [1.82, 2.24) is 9.55 Å². The number of aryl methyl sites for hydroxylation is 1. The molecular weight excluding hydrogens is 218 g/mol. The van der Waals surface area contributed by atoms with Gasteiger partial charge in [0.1, 0.15) is 11.6 Å². The van der Waals surface area contributed by atoms with E-state index in [9.17, 15) is 4.79 Å². The van der Waals surface area contributed by atoms with E-state index in [-0.39, 0.29) is 5.56 Å². The van der Waals surface area contributed by atoms with E-state index in [0.717, 1.165) is 23.1 Å². The van der Waals surface area contributed by atoms with Crippen molar-refractivity contribution < 1.29 is 0 Å². The molecule has 2 aromatic heterocycles. The zero-order chi connectivity index (χ0) is 12.0. The van der Waals surface area contributed by atoms with Crippen molar-refractivity contribution in [2.45, 2.75) is 13.5 Å². The molecule has 0 unspecified atom stereocenters. The van der Waals surface area contributed by atoms with Crippen LogP contribution in [0.5, 0.6) is 0 Å². The van der Waals surface area contributed by atoms with Crippen molar-refractivity contribution in [2.24, 2.45) is 4.99 Å². The van der Waals surface area contributed by atoms with E-state index in [1.54, 1.807) is 0 Å². The monoisotopic (exact) mass is 229 g/mol. The number of anilines is 2. The van der Waals surface area contributed by atoms with Crippen LogP contribution in [0.4, 0.5) is 17.3 Å². The third-order valence-electron chi connectivity index (χ3n) is 2.83. The standard InChI is InChI=1S/C11H11N5O/c1-2-16-4-6-7(12)3-8(17)15-10-9(6)11(16)14-5-13-10/h3-5H,2,12H2,1H3,(H,13,14,15,17). The zero-order valence-electron chi connectivity index (χ0n) is 9.27. The smallest absolute Gasteiger partial charge is 0.273 e. The first-order chi connectivity index (χ1) is 8.20. The summed E-state index contributed by atoms with van der Waals surface area (Å²) in [5.41, 5.74) is 5.96. The van der Waals surface area contributed by atoms with E-state index in [1.165, 1.54) is 12.4 Å². The molecule has 17 heavy (non-hydrogen) atoms. The molecule has 2 aromatic rings. The van der Waals surface area contributed by atoms with Crippen molar-refractivity contribution >= 4 is 34.4 Å². The van der Waals surface area contributed by atoms with E-state index in [4.69, 9.17) is 5.73 Å². The number of aromatic nitrogens is 2. The first-order valence-corrected chi connectivity index (χ1v) is 5.33. The van der Waals surface area contributed by atoms with E-state index < -0.39 is 0 Å². The molecule has 0 radical (unpaired) electrons. The Bertz CT molecular complexity index is 701. The largest absolute Gasteiger partial charge is 0.398 e. The summed E-state index contributed by atoms with van der Waals surface area (Å²) in [7, 11) is 0. The van der Waals surface area contributed by atoms with Crippen molar-refractivity contribution in [3.63, 3.8) is 0 Å². The maximum atomic E-state index is 11.5. The highest BCUT2D eigenvalue weighted by atomic mass is 16.1. The predicted octanol–water partition coefficient (Wildman–Crippen LogP) is 1.08. The second-order valence-corrected chi connectivity index (χ2v) is 3.83. The molecule has 0 saturated carbocycles. The van der Waals surface area contributed by atoms with E-state index in [2.05, 4.69) is 15.3 Å². The molecule has 0 aliphatic carbocycles. The first-order valence-electron chi connectivity index (χ1n) is 5.33. The van der Waals surface area contributed by atoms with Crippen LogP contribution in [0.1, 0.15) is 6.92 Å². The Kier molecular flexibility index (Phi) is 1.91. The molecule has 0 aromatic carbocycles. The quantitative estimate of drug-likeness (QED) is 0.766. The number of nitrogens with zero attached hydrogens (tertiary/aromatic N) is 3. The maximum Gasteiger partial charge on any atom is 0.273 e. The van der Waals surface area contributed by atoms with Crippen molar-refractivity contribution in [3.8, 4) is 0 Å². The van der Waals surface area contributed by atoms with Gasteiger partial charge in [0.25, 0.3) is 5.56 Å². The Labute approximate surface area is 96.8 Å². The second kappa shape index (κ2) is 3.31. The lowest BCUT2D eigenvalue weighted by Crippen LogP contribution is -2.07. The number of hydrogen-bond donors (Lipinski definition) is 2. The fourth-order valence-electron chi connectivity index (χ4n) is 2.05. The van der Waals surface area contributed by atoms with Crippen LogP contribution in [0.15, 0.2) is 22.1 Å². The summed E-state index contributed by atoms with van der Waals surface area (Å²) < 4.78 is 1.98. The fraction of sp³-hybridized carbons (Fsp3) is 0.182. The van der Waals surface area contributed by atoms with Gasteiger partial charge in [0.15, 0.2) is 0 Å². The van der Waals surface area contributed by atoms with Gasteiger partial charge in [-0.15, -0.1) is 0 Å². The lowest BCUT2D eigenvalue weighted by molar-refractivity contribution is 0.775. The van der Waals surface area contributed by atoms with Gasteiger partial charge in [-0.25, -0.2) is 4.99 Å². The first kappa shape index (κ1) is 9.83. The summed E-state index contributed by atoms with van der Waals surface area (Å²) in [5.74, 6) is 1.30. The van der Waals surface area contributed by atoms with Crippen molar-refractivity contribution in [2.75, 3.05) is 11.1 Å². The molecule has 1 aliphatic heterocycles. The van der Waals surface area contributed by atoms with Gasteiger partial charge in [-0.3, -0.25) is 4.79 Å². The minimum Gasteiger partial charge on any atom is -0.398 e. The molecule has 6 heteroatoms. The van der Waals surface area contributed by atoms with Crippen LogP contribution in [-0.2, 0) is 6.54 Å². The van der Waals surface area contributed by atoms with Crippen LogP contribution in [0.3, 0.4) is 0 Å². The summed E-state index contributed by atoms with van der Waals surface area (Å²) in [6, 6.07) is 1.34. The molecule has 3 heterocycles. The number of nitrogen functional groups attached to an aromatic ring is 1. The van der Waals surface area contributed by atoms with Crippen LogP contribution in [0.25, 0.3) is 10.8 Å². The van der Waals surface area contributed by atoms with Gasteiger partial charge in [0, 0.05) is 29.9 Å². The molecule has 0 atom stereocenters. The molecule has 0 amide bonds. The van der Waals surface area contributed by atoms with Gasteiger partial charge in [-0.05, 0) is 6.92 Å². The second-order valence-electron chi connectivity index (χ2n) is 3.83. The number of hydrogen-bond acceptors (Lipinski definition) is 5. The molecule has 0 fully saturated rings. The Balaban J connectivity index is 2.57. The molecule has 0 bridgehead atoms. The van der Waals surface area contributed by atoms with Crippen LogP contribution >= 0.6 is 0 Å². The Morgan fingerprint density at radius 1 is 1.53 bits per heavy atom. The topological polar surface area (TPSA) is 85.3 Å². The molecule has 1 aliphatic rings. The summed E-state index contributed by atoms with van der Waals surface area (Å²) >= 11 is 0. The number of rotatable bonds is 1. The Morgan fingerprint density at radius 3 is 3.12 bits per heavy atom. The molecule has 3 N–H and O–H groups in total. The molecule has 3 rings (SSSR count). The van der Waals surface area contributed by atoms with Crippen LogP contribution in [-0.4, -0.2) is 15.9 Å². The molecular formula is C11H11N5O. The highest BCUT2D eigenvalue weighted by molar-refractivity contribution is 6.09. The average Bonchev–Trinajstić information content (AvgIpc) is 2.62. The van der Waals surface area contributed by atoms with Gasteiger partial charge in [0.05, 0.1) is 11.7 Å². The summed E-state index contributed by atoms with van der Waals surface area (Å²) in [4.78, 5) is 19.7. The minimum atomic E-state index is -0.356. The Morgan fingerprint density at radius 2 is 2.35 bits per heavy atom. The van der Waals surface area contributed by atoms with Gasteiger partial charge >= 0.3 is 0 Å². The van der Waals surface area contributed by atoms with Crippen LogP contribution in [0.2, 0.25) is 0 Å². The van der Waals surface area contributed by atoms with Gasteiger partial charge in [-0.2, -0.15) is 4.98 Å². The number of aliphatic imine (C=N–C) groups is 1. The summed E-state index contributed by atoms with van der Waals surface area (Å²) in [5, 5.41) is 4.48. The lowest BCUT2D eigenvalue weighted by Gasteiger charge is -2.07. The van der Waals surface area contributed by atoms with E-state index >= 15 is 0 Å². The summed E-state index contributed by atoms with van der Waals surface area (Å²) in [6.07, 6.45) is 3.43. The maximum absolute atomic E-state index is 11.5. The lowest BCUT2D eigenvalue weighted by atomic mass is 10.2. The Hall–Kier alpha value is -2.37. The molecule has 6 nitrogen and oxygen atoms in total. The highest BCUT2D eigenvalue weighted by Crippen LogP contribution is 2.36. The van der Waals surface area contributed by atoms with Gasteiger partial charge in [0.2, 0.25) is 0 Å². The van der Waals surface area contributed by atoms with Crippen LogP contribution < -0.4 is 16.6 Å². The number of nitrogens with one attached hydrogen (secondary N) is 1. The predicted molar refractivity (Wildman–Crippen MR) is 67.9 cm³/mol. The highest BCUT2D eigenvalue weighted by Gasteiger charge is 2.17. The molecule has 0 saturated heterocycles. The van der Waals surface area contributed by atoms with Gasteiger partial charge in [-0.1, -0.05) is 0 Å². The molecule has 86 valence electrons. The third-order valence-corrected chi connectivity index (χ3v) is 2.83. The fourth-order valence-corrected chi connectivity index (χ4v) is 2.05. The minimum absolute atomic E-state index is 0.356. The normalized spacial score (nSPS) is 12.8. The molecule has 0 spiro atoms. The van der Waals surface area contributed by atoms with E-state index in [1.807, 2.05) is 17.7 Å². The SMILES string of the molecule is CCn1cc2c(N)cc(=O)nc3c2c1N=CN3. The van der Waals surface area contributed by atoms with Crippen LogP contribution in [0, 0.1) is 0 Å². The van der Waals surface area contributed by atoms with E-state index in [0.29, 0.717) is 11.5 Å². The average molecular weight is 229 g/mol. The summed E-state index contributed by atoms with van der Waals surface area (Å²) in [6.45, 7) is 2.81. The number of nitrogens with two attached hydrogens (primary N) is 1. The zero-order valence-corrected chi connectivity index (χ0v) is 9.27. The van der Waals surface area contributed by atoms with Gasteiger partial charge < -0.3 is 15.6 Å². The third kappa shape index (κ3) is 1.30. The van der Waals surface area contributed by atoms with Crippen molar-refractivity contribution in [1.29, 1.82) is 0 Å². The van der Waals surface area contributed by atoms with Crippen molar-refractivity contribution in [3.05, 3.63) is 22.6 Å².